The molecule has 1 aromatic carbocycles. The first-order chi connectivity index (χ1) is 10.6. The molecule has 1 heterocycles. The van der Waals surface area contributed by atoms with E-state index < -0.39 is 13.8 Å². The number of hydrogen-bond donors (Lipinski definition) is 1. The van der Waals surface area contributed by atoms with E-state index >= 15 is 0 Å². The summed E-state index contributed by atoms with van der Waals surface area (Å²) in [7, 11) is -1.60. The van der Waals surface area contributed by atoms with Crippen molar-refractivity contribution >= 4 is 8.24 Å². The van der Waals surface area contributed by atoms with Gasteiger partial charge in [-0.05, 0) is 49.0 Å². The number of nitrogens with zero attached hydrogens (tertiary/aromatic N) is 1. The molecule has 2 rings (SSSR count). The molecule has 1 N–H and O–H groups in total. The zero-order valence-electron chi connectivity index (χ0n) is 15.6. The summed E-state index contributed by atoms with van der Waals surface area (Å²) >= 11 is 0. The molecule has 1 fully saturated rings. The van der Waals surface area contributed by atoms with Gasteiger partial charge in [0.05, 0.1) is 6.61 Å². The van der Waals surface area contributed by atoms with Crippen LogP contribution in [0.3, 0.4) is 0 Å². The van der Waals surface area contributed by atoms with Gasteiger partial charge in [0.15, 0.2) is 0 Å². The summed E-state index contributed by atoms with van der Waals surface area (Å²) in [5, 5.41) is 11.6. The topological polar surface area (TPSA) is 32.7 Å². The van der Waals surface area contributed by atoms with Gasteiger partial charge >= 0.3 is 0 Å². The van der Waals surface area contributed by atoms with E-state index in [1.807, 2.05) is 31.2 Å². The van der Waals surface area contributed by atoms with Crippen molar-refractivity contribution in [2.45, 2.75) is 64.3 Å². The van der Waals surface area contributed by atoms with Crippen LogP contribution in [0.2, 0.25) is 18.1 Å². The van der Waals surface area contributed by atoms with Crippen molar-refractivity contribution in [3.8, 4) is 5.75 Å². The first-order valence-electron chi connectivity index (χ1n) is 8.81. The fourth-order valence-corrected chi connectivity index (χ4v) is 5.57. The van der Waals surface area contributed by atoms with Crippen molar-refractivity contribution in [3.63, 3.8) is 0 Å². The zero-order chi connectivity index (χ0) is 17.3. The van der Waals surface area contributed by atoms with Crippen LogP contribution in [0.1, 0.15) is 46.1 Å². The second kappa shape index (κ2) is 6.58. The Kier molecular flexibility index (Phi) is 5.29. The average Bonchev–Trinajstić information content (AvgIpc) is 2.47. The molecule has 1 unspecified atom stereocenters. The Hall–Kier alpha value is -0.843. The largest absolute Gasteiger partial charge is 0.494 e. The van der Waals surface area contributed by atoms with Gasteiger partial charge in [0.2, 0.25) is 0 Å². The maximum absolute atomic E-state index is 11.3. The monoisotopic (exact) mass is 335 g/mol. The molecule has 3 nitrogen and oxygen atoms in total. The van der Waals surface area contributed by atoms with E-state index in [0.717, 1.165) is 37.2 Å². The highest BCUT2D eigenvalue weighted by Crippen LogP contribution is 2.42. The third-order valence-electron chi connectivity index (χ3n) is 5.80. The van der Waals surface area contributed by atoms with Crippen LogP contribution in [0.5, 0.6) is 5.75 Å². The molecule has 0 aromatic heterocycles. The summed E-state index contributed by atoms with van der Waals surface area (Å²) in [5.74, 6) is 0.872. The Morgan fingerprint density at radius 2 is 1.83 bits per heavy atom. The molecular formula is C19H33NO2Si. The van der Waals surface area contributed by atoms with Crippen LogP contribution >= 0.6 is 0 Å². The lowest BCUT2D eigenvalue weighted by Crippen LogP contribution is -2.61. The van der Waals surface area contributed by atoms with E-state index in [1.54, 1.807) is 0 Å². The van der Waals surface area contributed by atoms with Crippen LogP contribution in [0.15, 0.2) is 24.3 Å². The molecule has 0 saturated carbocycles. The number of aliphatic hydroxyl groups is 1. The van der Waals surface area contributed by atoms with Gasteiger partial charge in [-0.15, -0.1) is 0 Å². The highest BCUT2D eigenvalue weighted by molar-refractivity contribution is 6.77. The number of benzene rings is 1. The number of rotatable bonds is 4. The van der Waals surface area contributed by atoms with E-state index in [4.69, 9.17) is 4.74 Å². The van der Waals surface area contributed by atoms with Gasteiger partial charge in [0.1, 0.15) is 19.6 Å². The van der Waals surface area contributed by atoms with Crippen LogP contribution in [-0.4, -0.2) is 37.6 Å². The van der Waals surface area contributed by atoms with Crippen LogP contribution < -0.4 is 4.74 Å². The lowest BCUT2D eigenvalue weighted by Gasteiger charge is -2.51. The number of piperidine rings is 1. The predicted molar refractivity (Wildman–Crippen MR) is 99.5 cm³/mol. The quantitative estimate of drug-likeness (QED) is 0.829. The van der Waals surface area contributed by atoms with E-state index in [0.29, 0.717) is 11.6 Å². The van der Waals surface area contributed by atoms with Crippen molar-refractivity contribution in [1.29, 1.82) is 0 Å². The minimum Gasteiger partial charge on any atom is -0.494 e. The second-order valence-corrected chi connectivity index (χ2v) is 13.6. The van der Waals surface area contributed by atoms with Gasteiger partial charge < -0.3 is 14.4 Å². The zero-order valence-corrected chi connectivity index (χ0v) is 16.6. The summed E-state index contributed by atoms with van der Waals surface area (Å²) in [5.41, 5.74) is 0.280. The molecule has 1 aliphatic rings. The Bertz CT molecular complexity index is 521. The standard InChI is InChI=1S/C19H33NO2Si/c1-7-22-17-11-9-16(10-12-17)19(21)13-8-14-20(15-19)23(5,6)18(2,3)4/h9-12,21H,7-8,13-15H2,1-6H3. The second-order valence-electron chi connectivity index (χ2n) is 8.32. The van der Waals surface area contributed by atoms with Gasteiger partial charge in [-0.1, -0.05) is 46.0 Å². The smallest absolute Gasteiger partial charge is 0.127 e. The molecular weight excluding hydrogens is 302 g/mol. The molecule has 1 saturated heterocycles. The lowest BCUT2D eigenvalue weighted by atomic mass is 9.86. The number of ether oxygens (including phenoxy) is 1. The predicted octanol–water partition coefficient (Wildman–Crippen LogP) is 4.37. The number of hydrogen-bond acceptors (Lipinski definition) is 3. The minimum atomic E-state index is -1.60. The summed E-state index contributed by atoms with van der Waals surface area (Å²) in [6.45, 7) is 16.4. The van der Waals surface area contributed by atoms with Crippen LogP contribution in [0, 0.1) is 0 Å². The first kappa shape index (κ1) is 18.5. The molecule has 0 bridgehead atoms. The van der Waals surface area contributed by atoms with Crippen molar-refractivity contribution in [2.24, 2.45) is 0 Å². The third kappa shape index (κ3) is 3.81. The third-order valence-corrected chi connectivity index (χ3v) is 11.4. The van der Waals surface area contributed by atoms with Crippen molar-refractivity contribution < 1.29 is 9.84 Å². The average molecular weight is 336 g/mol. The highest BCUT2D eigenvalue weighted by atomic mass is 28.3. The van der Waals surface area contributed by atoms with E-state index in [-0.39, 0.29) is 0 Å². The fourth-order valence-electron chi connectivity index (χ4n) is 3.25. The lowest BCUT2D eigenvalue weighted by molar-refractivity contribution is -0.0162. The minimum absolute atomic E-state index is 0.296. The van der Waals surface area contributed by atoms with Crippen LogP contribution in [-0.2, 0) is 5.60 Å². The summed E-state index contributed by atoms with van der Waals surface area (Å²) in [6.07, 6.45) is 1.89. The van der Waals surface area contributed by atoms with Crippen molar-refractivity contribution in [1.82, 2.24) is 4.57 Å². The molecule has 23 heavy (non-hydrogen) atoms. The van der Waals surface area contributed by atoms with E-state index in [9.17, 15) is 5.11 Å². The van der Waals surface area contributed by atoms with Gasteiger partial charge in [0, 0.05) is 6.54 Å². The molecule has 0 spiro atoms. The Morgan fingerprint density at radius 3 is 2.35 bits per heavy atom. The maximum atomic E-state index is 11.3. The number of β-amino-alcohol motifs (C(OH)–C–C–N with tert-alkyl or cyclic N) is 1. The first-order valence-corrected chi connectivity index (χ1v) is 11.8. The SMILES string of the molecule is CCOc1ccc(C2(O)CCCN([Si](C)(C)C(C)(C)C)C2)cc1. The van der Waals surface area contributed by atoms with Gasteiger partial charge in [-0.2, -0.15) is 0 Å². The molecule has 4 heteroatoms. The molecule has 0 radical (unpaired) electrons. The summed E-state index contributed by atoms with van der Waals surface area (Å²) in [4.78, 5) is 0. The highest BCUT2D eigenvalue weighted by Gasteiger charge is 2.46. The molecule has 1 aliphatic heterocycles. The Labute approximate surface area is 142 Å². The molecule has 1 aromatic rings. The summed E-state index contributed by atoms with van der Waals surface area (Å²) in [6, 6.07) is 8.00. The van der Waals surface area contributed by atoms with E-state index in [2.05, 4.69) is 38.4 Å². The molecule has 0 aliphatic carbocycles. The molecule has 0 amide bonds. The molecule has 130 valence electrons. The van der Waals surface area contributed by atoms with Gasteiger partial charge in [-0.25, -0.2) is 0 Å². The van der Waals surface area contributed by atoms with Crippen molar-refractivity contribution in [2.75, 3.05) is 19.7 Å². The molecule has 1 atom stereocenters. The van der Waals surface area contributed by atoms with Gasteiger partial charge in [0.25, 0.3) is 0 Å². The van der Waals surface area contributed by atoms with Gasteiger partial charge in [-0.3, -0.25) is 0 Å². The van der Waals surface area contributed by atoms with Crippen LogP contribution in [0.4, 0.5) is 0 Å². The van der Waals surface area contributed by atoms with E-state index in [1.165, 1.54) is 0 Å². The summed E-state index contributed by atoms with van der Waals surface area (Å²) < 4.78 is 8.11. The fraction of sp³-hybridized carbons (Fsp3) is 0.684. The Morgan fingerprint density at radius 1 is 1.22 bits per heavy atom. The Balaban J connectivity index is 2.21. The van der Waals surface area contributed by atoms with Crippen LogP contribution in [0.25, 0.3) is 0 Å². The normalized spacial score (nSPS) is 23.8. The van der Waals surface area contributed by atoms with Crippen molar-refractivity contribution in [3.05, 3.63) is 29.8 Å². The maximum Gasteiger partial charge on any atom is 0.127 e.